The van der Waals surface area contributed by atoms with Gasteiger partial charge in [0.1, 0.15) is 0 Å². The maximum atomic E-state index is 5.32. The van der Waals surface area contributed by atoms with Crippen molar-refractivity contribution in [3.8, 4) is 0 Å². The van der Waals surface area contributed by atoms with Crippen molar-refractivity contribution in [1.82, 2.24) is 10.2 Å². The van der Waals surface area contributed by atoms with Crippen molar-refractivity contribution in [1.29, 1.82) is 0 Å². The van der Waals surface area contributed by atoms with Crippen molar-refractivity contribution in [3.05, 3.63) is 0 Å². The maximum absolute atomic E-state index is 5.32. The first kappa shape index (κ1) is 16.3. The van der Waals surface area contributed by atoms with Gasteiger partial charge in [0.25, 0.3) is 0 Å². The molecule has 0 spiro atoms. The van der Waals surface area contributed by atoms with E-state index in [1.54, 1.807) is 0 Å². The minimum Gasteiger partial charge on any atom is -0.383 e. The number of nitrogens with one attached hydrogen (secondary N) is 1. The topological polar surface area (TPSA) is 24.5 Å². The minimum absolute atomic E-state index is 0.332. The predicted molar refractivity (Wildman–Crippen MR) is 85.1 cm³/mol. The third kappa shape index (κ3) is 4.19. The molecule has 2 aliphatic rings. The Balaban J connectivity index is 1.96. The van der Waals surface area contributed by atoms with E-state index < -0.39 is 0 Å². The summed E-state index contributed by atoms with van der Waals surface area (Å²) < 4.78 is 5.32. The highest BCUT2D eigenvalue weighted by atomic mass is 16.5. The van der Waals surface area contributed by atoms with Crippen LogP contribution in [0.2, 0.25) is 0 Å². The van der Waals surface area contributed by atoms with Crippen LogP contribution in [0.3, 0.4) is 0 Å². The van der Waals surface area contributed by atoms with Gasteiger partial charge in [-0.25, -0.2) is 0 Å². The van der Waals surface area contributed by atoms with Crippen LogP contribution in [-0.2, 0) is 4.74 Å². The highest BCUT2D eigenvalue weighted by Gasteiger charge is 2.37. The van der Waals surface area contributed by atoms with E-state index >= 15 is 0 Å². The van der Waals surface area contributed by atoms with Gasteiger partial charge in [0.2, 0.25) is 0 Å². The van der Waals surface area contributed by atoms with Gasteiger partial charge in [-0.3, -0.25) is 4.90 Å². The van der Waals surface area contributed by atoms with Crippen LogP contribution in [0.5, 0.6) is 0 Å². The fourth-order valence-corrected chi connectivity index (χ4v) is 4.00. The fourth-order valence-electron chi connectivity index (χ4n) is 4.00. The Morgan fingerprint density at radius 1 is 1.15 bits per heavy atom. The van der Waals surface area contributed by atoms with E-state index in [1.807, 2.05) is 7.11 Å². The molecule has 0 amide bonds. The molecule has 0 aromatic heterocycles. The van der Waals surface area contributed by atoms with Crippen LogP contribution >= 0.6 is 0 Å². The van der Waals surface area contributed by atoms with Gasteiger partial charge in [-0.05, 0) is 24.2 Å². The lowest BCUT2D eigenvalue weighted by molar-refractivity contribution is 0.0204. The van der Waals surface area contributed by atoms with Crippen LogP contribution in [0.1, 0.15) is 52.9 Å². The highest BCUT2D eigenvalue weighted by Crippen LogP contribution is 2.31. The lowest BCUT2D eigenvalue weighted by Gasteiger charge is -2.48. The molecule has 3 nitrogen and oxygen atoms in total. The van der Waals surface area contributed by atoms with Gasteiger partial charge in [0.05, 0.1) is 6.61 Å². The molecule has 1 N–H and O–H groups in total. The first-order chi connectivity index (χ1) is 9.52. The molecular weight excluding hydrogens is 248 g/mol. The largest absolute Gasteiger partial charge is 0.383 e. The van der Waals surface area contributed by atoms with Crippen LogP contribution in [0, 0.1) is 11.3 Å². The number of piperazine rings is 1. The molecule has 1 saturated carbocycles. The molecule has 1 aliphatic carbocycles. The summed E-state index contributed by atoms with van der Waals surface area (Å²) in [4.78, 5) is 2.68. The molecule has 0 aromatic carbocycles. The van der Waals surface area contributed by atoms with E-state index in [-0.39, 0.29) is 0 Å². The Morgan fingerprint density at radius 2 is 1.85 bits per heavy atom. The fraction of sp³-hybridized carbons (Fsp3) is 1.00. The lowest BCUT2D eigenvalue weighted by atomic mass is 9.79. The summed E-state index contributed by atoms with van der Waals surface area (Å²) in [5.74, 6) is 0.898. The normalized spacial score (nSPS) is 30.6. The quantitative estimate of drug-likeness (QED) is 0.858. The molecule has 1 heterocycles. The van der Waals surface area contributed by atoms with Gasteiger partial charge in [-0.1, -0.05) is 40.0 Å². The van der Waals surface area contributed by atoms with E-state index in [4.69, 9.17) is 4.74 Å². The van der Waals surface area contributed by atoms with Crippen molar-refractivity contribution in [2.45, 2.75) is 65.0 Å². The van der Waals surface area contributed by atoms with E-state index in [9.17, 15) is 0 Å². The zero-order valence-electron chi connectivity index (χ0n) is 14.0. The van der Waals surface area contributed by atoms with Gasteiger partial charge < -0.3 is 10.1 Å². The SMILES string of the molecule is COCCN1CC(C2CCCCC2)NCC1C(C)(C)C. The zero-order valence-corrected chi connectivity index (χ0v) is 14.0. The van der Waals surface area contributed by atoms with E-state index in [2.05, 4.69) is 31.0 Å². The molecule has 118 valence electrons. The van der Waals surface area contributed by atoms with Gasteiger partial charge in [-0.15, -0.1) is 0 Å². The van der Waals surface area contributed by atoms with Crippen LogP contribution in [0.4, 0.5) is 0 Å². The smallest absolute Gasteiger partial charge is 0.0589 e. The second-order valence-corrected chi connectivity index (χ2v) is 7.78. The predicted octanol–water partition coefficient (Wildman–Crippen LogP) is 2.90. The van der Waals surface area contributed by atoms with Crippen LogP contribution < -0.4 is 5.32 Å². The Hall–Kier alpha value is -0.120. The molecule has 0 bridgehead atoms. The summed E-state index contributed by atoms with van der Waals surface area (Å²) in [6.07, 6.45) is 7.17. The summed E-state index contributed by atoms with van der Waals surface area (Å²) in [6.45, 7) is 11.3. The molecule has 20 heavy (non-hydrogen) atoms. The monoisotopic (exact) mass is 282 g/mol. The molecule has 2 fully saturated rings. The number of methoxy groups -OCH3 is 1. The second kappa shape index (κ2) is 7.24. The first-order valence-electron chi connectivity index (χ1n) is 8.48. The molecule has 2 rings (SSSR count). The number of ether oxygens (including phenoxy) is 1. The van der Waals surface area contributed by atoms with Crippen molar-refractivity contribution in [2.75, 3.05) is 33.4 Å². The molecule has 1 saturated heterocycles. The summed E-state index contributed by atoms with van der Waals surface area (Å²) in [7, 11) is 1.81. The summed E-state index contributed by atoms with van der Waals surface area (Å²) in [6, 6.07) is 1.32. The number of hydrogen-bond acceptors (Lipinski definition) is 3. The highest BCUT2D eigenvalue weighted by molar-refractivity contribution is 4.94. The van der Waals surface area contributed by atoms with Crippen molar-refractivity contribution in [2.24, 2.45) is 11.3 Å². The Bertz CT molecular complexity index is 281. The average Bonchev–Trinajstić information content (AvgIpc) is 2.44. The molecule has 2 atom stereocenters. The van der Waals surface area contributed by atoms with Gasteiger partial charge >= 0.3 is 0 Å². The molecule has 0 aromatic rings. The zero-order chi connectivity index (χ0) is 14.6. The average molecular weight is 282 g/mol. The van der Waals surface area contributed by atoms with Crippen molar-refractivity contribution in [3.63, 3.8) is 0 Å². The minimum atomic E-state index is 0.332. The number of hydrogen-bond donors (Lipinski definition) is 1. The van der Waals surface area contributed by atoms with Crippen LogP contribution in [0.15, 0.2) is 0 Å². The van der Waals surface area contributed by atoms with E-state index in [0.29, 0.717) is 17.5 Å². The third-order valence-electron chi connectivity index (χ3n) is 5.25. The van der Waals surface area contributed by atoms with Gasteiger partial charge in [0.15, 0.2) is 0 Å². The van der Waals surface area contributed by atoms with Crippen molar-refractivity contribution >= 4 is 0 Å². The van der Waals surface area contributed by atoms with Crippen LogP contribution in [0.25, 0.3) is 0 Å². The number of rotatable bonds is 4. The lowest BCUT2D eigenvalue weighted by Crippen LogP contribution is -2.62. The Morgan fingerprint density at radius 3 is 2.45 bits per heavy atom. The standard InChI is InChI=1S/C17H34N2O/c1-17(2,3)16-12-18-15(13-19(16)10-11-20-4)14-8-6-5-7-9-14/h14-16,18H,5-13H2,1-4H3. The second-order valence-electron chi connectivity index (χ2n) is 7.78. The van der Waals surface area contributed by atoms with Crippen LogP contribution in [-0.4, -0.2) is 50.3 Å². The number of nitrogens with zero attached hydrogens (tertiary/aromatic N) is 1. The Labute approximate surface area is 125 Å². The summed E-state index contributed by atoms with van der Waals surface area (Å²) >= 11 is 0. The van der Waals surface area contributed by atoms with Gasteiger partial charge in [-0.2, -0.15) is 0 Å². The molecular formula is C17H34N2O. The first-order valence-corrected chi connectivity index (χ1v) is 8.48. The van der Waals surface area contributed by atoms with E-state index in [1.165, 1.54) is 38.6 Å². The third-order valence-corrected chi connectivity index (χ3v) is 5.25. The summed E-state index contributed by atoms with van der Waals surface area (Å²) in [5.41, 5.74) is 0.332. The van der Waals surface area contributed by atoms with Crippen molar-refractivity contribution < 1.29 is 4.74 Å². The molecule has 2 unspecified atom stereocenters. The molecule has 3 heteroatoms. The Kier molecular flexibility index (Phi) is 5.88. The summed E-state index contributed by atoms with van der Waals surface area (Å²) in [5, 5.41) is 3.87. The molecule has 0 radical (unpaired) electrons. The molecule has 1 aliphatic heterocycles. The maximum Gasteiger partial charge on any atom is 0.0589 e. The van der Waals surface area contributed by atoms with E-state index in [0.717, 1.165) is 25.6 Å². The van der Waals surface area contributed by atoms with Gasteiger partial charge in [0, 0.05) is 38.8 Å².